The fourth-order valence-corrected chi connectivity index (χ4v) is 8.69. The molecule has 0 aliphatic rings. The molecule has 0 spiro atoms. The number of hydrogen-bond donors (Lipinski definition) is 0. The van der Waals surface area contributed by atoms with Crippen LogP contribution in [0.1, 0.15) is 27.1 Å². The number of benzene rings is 2. The summed E-state index contributed by atoms with van der Waals surface area (Å²) in [6.45, 7) is 0. The van der Waals surface area contributed by atoms with Gasteiger partial charge in [-0.1, -0.05) is 60.7 Å². The predicted octanol–water partition coefficient (Wildman–Crippen LogP) is 3.96. The molecule has 2 aromatic carbocycles. The first-order valence-electron chi connectivity index (χ1n) is 9.32. The lowest BCUT2D eigenvalue weighted by Gasteiger charge is -2.44. The van der Waals surface area contributed by atoms with Crippen LogP contribution in [-0.4, -0.2) is 73.5 Å². The fourth-order valence-electron chi connectivity index (χ4n) is 3.99. The molecule has 28 heavy (non-hydrogen) atoms. The number of ketones is 2. The Morgan fingerprint density at radius 2 is 1.11 bits per heavy atom. The summed E-state index contributed by atoms with van der Waals surface area (Å²) in [6.07, 6.45) is 0.167. The molecule has 2 rings (SSSR count). The van der Waals surface area contributed by atoms with Gasteiger partial charge in [0.1, 0.15) is 0 Å². The smallest absolute Gasteiger partial charge is 0.237 e. The van der Waals surface area contributed by atoms with E-state index in [0.717, 1.165) is 0 Å². The molecule has 6 heteroatoms. The van der Waals surface area contributed by atoms with Crippen LogP contribution in [-0.2, 0) is 0 Å². The second kappa shape index (κ2) is 9.53. The van der Waals surface area contributed by atoms with E-state index in [-0.39, 0.29) is 18.0 Å². The average molecular weight is 400 g/mol. The molecule has 0 saturated heterocycles. The molecule has 0 amide bonds. The Bertz CT molecular complexity index is 770. The highest BCUT2D eigenvalue weighted by Gasteiger charge is 2.58. The van der Waals surface area contributed by atoms with Gasteiger partial charge in [0.25, 0.3) is 0 Å². The second-order valence-electron chi connectivity index (χ2n) is 7.40. The molecule has 0 saturated carbocycles. The number of hydrogen-bond acceptors (Lipinski definition) is 5. The number of nitrogens with zero attached hydrogens (tertiary/aromatic N) is 3. The van der Waals surface area contributed by atoms with Crippen LogP contribution in [0.25, 0.3) is 0 Å². The molecule has 0 aliphatic carbocycles. The van der Waals surface area contributed by atoms with Crippen LogP contribution < -0.4 is 0 Å². The largest absolute Gasteiger partial charge is 0.294 e. The minimum absolute atomic E-state index is 0.00862. The van der Waals surface area contributed by atoms with E-state index in [1.54, 1.807) is 0 Å². The van der Waals surface area contributed by atoms with Gasteiger partial charge in [0, 0.05) is 53.4 Å². The van der Waals surface area contributed by atoms with Crippen LogP contribution in [0, 0.1) is 0 Å². The Morgan fingerprint density at radius 1 is 0.714 bits per heavy atom. The van der Waals surface area contributed by atoms with E-state index in [1.165, 1.54) is 0 Å². The number of rotatable bonds is 9. The molecule has 5 nitrogen and oxygen atoms in total. The zero-order valence-electron chi connectivity index (χ0n) is 17.7. The molecule has 0 bridgehead atoms. The van der Waals surface area contributed by atoms with Crippen molar-refractivity contribution in [1.82, 2.24) is 14.0 Å². The zero-order chi connectivity index (χ0) is 20.9. The van der Waals surface area contributed by atoms with Crippen LogP contribution in [0.3, 0.4) is 0 Å². The van der Waals surface area contributed by atoms with Crippen molar-refractivity contribution < 1.29 is 9.59 Å². The van der Waals surface area contributed by atoms with Gasteiger partial charge in [-0.2, -0.15) is 14.0 Å². The SMILES string of the molecule is CN(C)[P+](C(CC(=O)c1ccccc1)C(=O)c1ccccc1)(N(C)C)N(C)C. The maximum absolute atomic E-state index is 13.7. The molecule has 0 aromatic heterocycles. The molecule has 0 aliphatic heterocycles. The summed E-state index contributed by atoms with van der Waals surface area (Å²) in [5.41, 5.74) is 0.814. The molecule has 1 atom stereocenters. The summed E-state index contributed by atoms with van der Waals surface area (Å²) in [7, 11) is 9.66. The number of carbonyl (C=O) groups is 2. The summed E-state index contributed by atoms with van der Waals surface area (Å²) in [5, 5.41) is 0. The van der Waals surface area contributed by atoms with Gasteiger partial charge in [-0.25, -0.2) is 0 Å². The molecule has 0 radical (unpaired) electrons. The molecule has 0 heterocycles. The van der Waals surface area contributed by atoms with Crippen LogP contribution in [0.4, 0.5) is 0 Å². The molecule has 0 fully saturated rings. The zero-order valence-corrected chi connectivity index (χ0v) is 18.6. The van der Waals surface area contributed by atoms with Gasteiger partial charge >= 0.3 is 0 Å². The van der Waals surface area contributed by atoms with Gasteiger partial charge < -0.3 is 0 Å². The summed E-state index contributed by atoms with van der Waals surface area (Å²) in [4.78, 5) is 26.8. The van der Waals surface area contributed by atoms with Crippen molar-refractivity contribution >= 4 is 19.3 Å². The fraction of sp³-hybridized carbons (Fsp3) is 0.364. The van der Waals surface area contributed by atoms with Crippen LogP contribution in [0.5, 0.6) is 0 Å². The van der Waals surface area contributed by atoms with Crippen molar-refractivity contribution in [3.05, 3.63) is 71.8 Å². The molecule has 1 unspecified atom stereocenters. The second-order valence-corrected chi connectivity index (χ2v) is 11.6. The van der Waals surface area contributed by atoms with Gasteiger partial charge in [0.15, 0.2) is 11.4 Å². The third-order valence-corrected chi connectivity index (χ3v) is 9.81. The number of carbonyl (C=O) groups excluding carboxylic acids is 2. The third kappa shape index (κ3) is 4.39. The number of Topliss-reactive ketones (excluding diaryl/α,β-unsaturated/α-hetero) is 2. The summed E-state index contributed by atoms with van der Waals surface area (Å²) in [5.74, 6) is -0.000814. The molecule has 0 N–H and O–H groups in total. The average Bonchev–Trinajstić information content (AvgIpc) is 2.67. The van der Waals surface area contributed by atoms with Crippen molar-refractivity contribution in [3.8, 4) is 0 Å². The van der Waals surface area contributed by atoms with Crippen molar-refractivity contribution in [2.24, 2.45) is 0 Å². The van der Waals surface area contributed by atoms with Crippen molar-refractivity contribution in [3.63, 3.8) is 0 Å². The highest BCUT2D eigenvalue weighted by atomic mass is 31.2. The lowest BCUT2D eigenvalue weighted by molar-refractivity contribution is 0.0915. The van der Waals surface area contributed by atoms with Crippen molar-refractivity contribution in [2.45, 2.75) is 12.1 Å². The normalized spacial score (nSPS) is 13.2. The van der Waals surface area contributed by atoms with E-state index in [9.17, 15) is 9.59 Å². The summed E-state index contributed by atoms with van der Waals surface area (Å²) >= 11 is 0. The van der Waals surface area contributed by atoms with Gasteiger partial charge in [-0.05, 0) is 0 Å². The van der Waals surface area contributed by atoms with E-state index in [2.05, 4.69) is 14.0 Å². The quantitative estimate of drug-likeness (QED) is 0.471. The van der Waals surface area contributed by atoms with E-state index in [4.69, 9.17) is 0 Å². The molecule has 150 valence electrons. The van der Waals surface area contributed by atoms with Crippen LogP contribution >= 0.6 is 7.71 Å². The highest BCUT2D eigenvalue weighted by Crippen LogP contribution is 2.68. The predicted molar refractivity (Wildman–Crippen MR) is 118 cm³/mol. The van der Waals surface area contributed by atoms with E-state index in [0.29, 0.717) is 11.1 Å². The molecule has 2 aromatic rings. The first kappa shape index (κ1) is 22.4. The lowest BCUT2D eigenvalue weighted by Crippen LogP contribution is -2.46. The maximum atomic E-state index is 13.7. The maximum Gasteiger partial charge on any atom is 0.237 e. The monoisotopic (exact) mass is 400 g/mol. The lowest BCUT2D eigenvalue weighted by atomic mass is 10.0. The van der Waals surface area contributed by atoms with Crippen molar-refractivity contribution in [2.75, 3.05) is 42.3 Å². The first-order chi connectivity index (χ1) is 13.2. The summed E-state index contributed by atoms with van der Waals surface area (Å²) in [6, 6.07) is 18.5. The Labute approximate surface area is 169 Å². The standard InChI is InChI=1S/C22H31N3O2P/c1-23(2)28(24(3)4,25(5)6)21(22(27)19-15-11-8-12-16-19)17-20(26)18-13-9-7-10-14-18/h7-16,21H,17H2,1-6H3/q+1. The highest BCUT2D eigenvalue weighted by molar-refractivity contribution is 7.70. The van der Waals surface area contributed by atoms with E-state index >= 15 is 0 Å². The Hall–Kier alpha value is -1.91. The Kier molecular flexibility index (Phi) is 7.62. The minimum atomic E-state index is -2.29. The Morgan fingerprint density at radius 3 is 1.50 bits per heavy atom. The van der Waals surface area contributed by atoms with Crippen LogP contribution in [0.2, 0.25) is 0 Å². The first-order valence-corrected chi connectivity index (χ1v) is 11.0. The summed E-state index contributed by atoms with van der Waals surface area (Å²) < 4.78 is 6.37. The van der Waals surface area contributed by atoms with E-state index in [1.807, 2.05) is 103 Å². The van der Waals surface area contributed by atoms with Crippen molar-refractivity contribution in [1.29, 1.82) is 0 Å². The van der Waals surface area contributed by atoms with Gasteiger partial charge in [-0.3, -0.25) is 9.59 Å². The minimum Gasteiger partial charge on any atom is -0.294 e. The van der Waals surface area contributed by atoms with E-state index < -0.39 is 13.4 Å². The molecular formula is C22H31N3O2P+. The van der Waals surface area contributed by atoms with Gasteiger partial charge in [0.05, 0.1) is 6.42 Å². The van der Waals surface area contributed by atoms with Gasteiger partial charge in [-0.15, -0.1) is 0 Å². The molecular weight excluding hydrogens is 369 g/mol. The van der Waals surface area contributed by atoms with Crippen LogP contribution in [0.15, 0.2) is 60.7 Å². The Balaban J connectivity index is 2.57. The third-order valence-electron chi connectivity index (χ3n) is 5.02. The topological polar surface area (TPSA) is 43.9 Å². The van der Waals surface area contributed by atoms with Gasteiger partial charge in [0.2, 0.25) is 13.5 Å².